The Morgan fingerprint density at radius 3 is 2.50 bits per heavy atom. The number of amides is 1. The van der Waals surface area contributed by atoms with E-state index in [1.165, 1.54) is 38.5 Å². The zero-order valence-electron chi connectivity index (χ0n) is 11.7. The van der Waals surface area contributed by atoms with E-state index in [1.807, 2.05) is 11.9 Å². The van der Waals surface area contributed by atoms with E-state index in [1.54, 1.807) is 7.11 Å². The second-order valence-corrected chi connectivity index (χ2v) is 6.68. The van der Waals surface area contributed by atoms with Crippen LogP contribution in [0.2, 0.25) is 0 Å². The number of rotatable bonds is 6. The van der Waals surface area contributed by atoms with E-state index in [0.29, 0.717) is 12.5 Å². The van der Waals surface area contributed by atoms with Crippen LogP contribution in [0.25, 0.3) is 0 Å². The average molecular weight is 320 g/mol. The van der Waals surface area contributed by atoms with Crippen LogP contribution in [0.15, 0.2) is 0 Å². The summed E-state index contributed by atoms with van der Waals surface area (Å²) in [5.74, 6) is 0.890. The first-order chi connectivity index (χ1) is 8.63. The van der Waals surface area contributed by atoms with Crippen molar-refractivity contribution in [1.29, 1.82) is 0 Å². The molecule has 1 amide bonds. The van der Waals surface area contributed by atoms with Crippen molar-refractivity contribution in [3.63, 3.8) is 0 Å². The second-order valence-electron chi connectivity index (χ2n) is 5.39. The van der Waals surface area contributed by atoms with Crippen LogP contribution in [0.1, 0.15) is 44.9 Å². The molecule has 1 unspecified atom stereocenters. The predicted octanol–water partition coefficient (Wildman–Crippen LogP) is 3.22. The largest absolute Gasteiger partial charge is 0.383 e. The van der Waals surface area contributed by atoms with Crippen molar-refractivity contribution in [1.82, 2.24) is 4.90 Å². The number of alkyl halides is 1. The van der Waals surface area contributed by atoms with Crippen LogP contribution in [0.3, 0.4) is 0 Å². The Bertz CT molecular complexity index is 240. The van der Waals surface area contributed by atoms with Crippen molar-refractivity contribution >= 4 is 21.8 Å². The molecule has 0 radical (unpaired) electrons. The lowest BCUT2D eigenvalue weighted by atomic mass is 9.96. The van der Waals surface area contributed by atoms with Gasteiger partial charge in [-0.15, -0.1) is 0 Å². The fraction of sp³-hybridized carbons (Fsp3) is 0.929. The Kier molecular flexibility index (Phi) is 7.91. The van der Waals surface area contributed by atoms with E-state index in [0.717, 1.165) is 13.0 Å². The third-order valence-electron chi connectivity index (χ3n) is 3.68. The highest BCUT2D eigenvalue weighted by molar-refractivity contribution is 9.09. The van der Waals surface area contributed by atoms with Crippen LogP contribution >= 0.6 is 15.9 Å². The molecule has 1 saturated carbocycles. The Labute approximate surface area is 119 Å². The van der Waals surface area contributed by atoms with Crippen LogP contribution < -0.4 is 0 Å². The lowest BCUT2D eigenvalue weighted by molar-refractivity contribution is -0.131. The highest BCUT2D eigenvalue weighted by Gasteiger charge is 2.19. The highest BCUT2D eigenvalue weighted by Crippen LogP contribution is 2.25. The van der Waals surface area contributed by atoms with Gasteiger partial charge in [-0.05, 0) is 18.8 Å². The quantitative estimate of drug-likeness (QED) is 0.555. The minimum absolute atomic E-state index is 0.227. The average Bonchev–Trinajstić information content (AvgIpc) is 2.57. The summed E-state index contributed by atoms with van der Waals surface area (Å²) in [5.41, 5.74) is 0. The molecule has 0 aromatic rings. The monoisotopic (exact) mass is 319 g/mol. The molecule has 0 aromatic carbocycles. The van der Waals surface area contributed by atoms with Gasteiger partial charge in [0.05, 0.1) is 11.4 Å². The molecular formula is C14H26BrNO2. The van der Waals surface area contributed by atoms with Crippen molar-refractivity contribution in [2.45, 2.75) is 49.8 Å². The van der Waals surface area contributed by atoms with Gasteiger partial charge in [-0.3, -0.25) is 4.79 Å². The first-order valence-electron chi connectivity index (χ1n) is 7.00. The lowest BCUT2D eigenvalue weighted by Crippen LogP contribution is -2.34. The van der Waals surface area contributed by atoms with Gasteiger partial charge < -0.3 is 9.64 Å². The highest BCUT2D eigenvalue weighted by atomic mass is 79.9. The molecule has 0 aliphatic heterocycles. The normalized spacial score (nSPS) is 19.3. The van der Waals surface area contributed by atoms with Crippen molar-refractivity contribution in [3.05, 3.63) is 0 Å². The van der Waals surface area contributed by atoms with Gasteiger partial charge in [0, 0.05) is 27.1 Å². The van der Waals surface area contributed by atoms with Crippen LogP contribution in [0, 0.1) is 5.92 Å². The number of hydrogen-bond donors (Lipinski definition) is 0. The molecule has 106 valence electrons. The number of carbonyl (C=O) groups excluding carboxylic acids is 1. The van der Waals surface area contributed by atoms with Crippen molar-refractivity contribution in [2.75, 3.05) is 27.3 Å². The van der Waals surface area contributed by atoms with Crippen molar-refractivity contribution in [3.8, 4) is 0 Å². The molecule has 0 N–H and O–H groups in total. The number of nitrogens with zero attached hydrogens (tertiary/aromatic N) is 1. The lowest BCUT2D eigenvalue weighted by Gasteiger charge is -2.22. The Morgan fingerprint density at radius 2 is 1.94 bits per heavy atom. The summed E-state index contributed by atoms with van der Waals surface area (Å²) in [5, 5.41) is 0. The maximum atomic E-state index is 12.1. The predicted molar refractivity (Wildman–Crippen MR) is 78.0 cm³/mol. The summed E-state index contributed by atoms with van der Waals surface area (Å²) < 4.78 is 5.07. The summed E-state index contributed by atoms with van der Waals surface area (Å²) in [7, 11) is 3.57. The molecule has 1 aliphatic carbocycles. The summed E-state index contributed by atoms with van der Waals surface area (Å²) in [4.78, 5) is 14.2. The summed E-state index contributed by atoms with van der Waals surface area (Å²) in [6, 6.07) is 0. The number of ether oxygens (including phenoxy) is 1. The molecule has 0 heterocycles. The minimum atomic E-state index is 0.227. The third-order valence-corrected chi connectivity index (χ3v) is 4.24. The van der Waals surface area contributed by atoms with Gasteiger partial charge in [0.25, 0.3) is 0 Å². The number of methoxy groups -OCH3 is 1. The van der Waals surface area contributed by atoms with E-state index in [9.17, 15) is 4.79 Å². The number of carbonyl (C=O) groups is 1. The van der Waals surface area contributed by atoms with E-state index >= 15 is 0 Å². The smallest absolute Gasteiger partial charge is 0.222 e. The molecule has 1 fully saturated rings. The van der Waals surface area contributed by atoms with E-state index < -0.39 is 0 Å². The molecule has 0 aromatic heterocycles. The van der Waals surface area contributed by atoms with E-state index in [-0.39, 0.29) is 10.7 Å². The Morgan fingerprint density at radius 1 is 1.33 bits per heavy atom. The van der Waals surface area contributed by atoms with Crippen molar-refractivity contribution in [2.24, 2.45) is 5.92 Å². The molecule has 18 heavy (non-hydrogen) atoms. The Hall–Kier alpha value is -0.0900. The standard InChI is InChI=1S/C14H26BrNO2/c1-16(10-13(15)11-18-2)14(17)9-12-7-5-3-4-6-8-12/h12-13H,3-11H2,1-2H3. The van der Waals surface area contributed by atoms with Gasteiger partial charge in [-0.25, -0.2) is 0 Å². The van der Waals surface area contributed by atoms with Gasteiger partial charge >= 0.3 is 0 Å². The Balaban J connectivity index is 2.29. The zero-order chi connectivity index (χ0) is 13.4. The summed E-state index contributed by atoms with van der Waals surface area (Å²) >= 11 is 3.53. The third kappa shape index (κ3) is 6.19. The topological polar surface area (TPSA) is 29.5 Å². The van der Waals surface area contributed by atoms with Gasteiger partial charge in [0.1, 0.15) is 0 Å². The van der Waals surface area contributed by atoms with Crippen molar-refractivity contribution < 1.29 is 9.53 Å². The van der Waals surface area contributed by atoms with Gasteiger partial charge in [-0.1, -0.05) is 41.6 Å². The minimum Gasteiger partial charge on any atom is -0.383 e. The number of hydrogen-bond acceptors (Lipinski definition) is 2. The molecule has 1 rings (SSSR count). The molecule has 3 nitrogen and oxygen atoms in total. The summed E-state index contributed by atoms with van der Waals surface area (Å²) in [6.07, 6.45) is 8.47. The fourth-order valence-electron chi connectivity index (χ4n) is 2.60. The van der Waals surface area contributed by atoms with Crippen LogP contribution in [0.4, 0.5) is 0 Å². The van der Waals surface area contributed by atoms with Gasteiger partial charge in [0.15, 0.2) is 0 Å². The van der Waals surface area contributed by atoms with Crippen LogP contribution in [0.5, 0.6) is 0 Å². The fourth-order valence-corrected chi connectivity index (χ4v) is 3.30. The summed E-state index contributed by atoms with van der Waals surface area (Å²) in [6.45, 7) is 1.36. The van der Waals surface area contributed by atoms with Gasteiger partial charge in [-0.2, -0.15) is 0 Å². The molecule has 0 saturated heterocycles. The molecular weight excluding hydrogens is 294 g/mol. The van der Waals surface area contributed by atoms with E-state index in [2.05, 4.69) is 15.9 Å². The van der Waals surface area contributed by atoms with E-state index in [4.69, 9.17) is 4.74 Å². The second kappa shape index (κ2) is 8.92. The SMILES string of the molecule is COCC(Br)CN(C)C(=O)CC1CCCCCC1. The maximum absolute atomic E-state index is 12.1. The first kappa shape index (κ1) is 16.0. The van der Waals surface area contributed by atoms with Crippen LogP contribution in [-0.4, -0.2) is 42.9 Å². The molecule has 4 heteroatoms. The van der Waals surface area contributed by atoms with Crippen LogP contribution in [-0.2, 0) is 9.53 Å². The molecule has 1 aliphatic rings. The first-order valence-corrected chi connectivity index (χ1v) is 7.92. The number of halogens is 1. The molecule has 1 atom stereocenters. The zero-order valence-corrected chi connectivity index (χ0v) is 13.2. The maximum Gasteiger partial charge on any atom is 0.222 e. The molecule has 0 bridgehead atoms. The molecule has 0 spiro atoms. The van der Waals surface area contributed by atoms with Gasteiger partial charge in [0.2, 0.25) is 5.91 Å².